The van der Waals surface area contributed by atoms with Crippen LogP contribution in [0.4, 0.5) is 11.4 Å². The number of rotatable bonds is 8. The first-order chi connectivity index (χ1) is 16.2. The summed E-state index contributed by atoms with van der Waals surface area (Å²) >= 11 is 2.93. The monoisotopic (exact) mass is 473 g/mol. The molecule has 0 spiro atoms. The van der Waals surface area contributed by atoms with Gasteiger partial charge in [-0.3, -0.25) is 14.6 Å². The first-order valence-corrected chi connectivity index (χ1v) is 11.8. The van der Waals surface area contributed by atoms with E-state index in [1.807, 2.05) is 29.0 Å². The van der Waals surface area contributed by atoms with Crippen molar-refractivity contribution in [3.05, 3.63) is 99.7 Å². The molecule has 0 radical (unpaired) electrons. The van der Waals surface area contributed by atoms with Crippen LogP contribution in [0.1, 0.15) is 17.1 Å². The van der Waals surface area contributed by atoms with Crippen molar-refractivity contribution in [3.63, 3.8) is 0 Å². The van der Waals surface area contributed by atoms with Crippen LogP contribution in [0.2, 0.25) is 0 Å². The third kappa shape index (κ3) is 6.52. The van der Waals surface area contributed by atoms with Gasteiger partial charge in [0.05, 0.1) is 34.6 Å². The molecule has 7 nitrogen and oxygen atoms in total. The molecule has 0 saturated carbocycles. The summed E-state index contributed by atoms with van der Waals surface area (Å²) in [7, 11) is 0. The van der Waals surface area contributed by atoms with E-state index in [9.17, 15) is 9.59 Å². The largest absolute Gasteiger partial charge is 0.323 e. The second kappa shape index (κ2) is 11.1. The lowest BCUT2D eigenvalue weighted by Crippen LogP contribution is -2.29. The predicted molar refractivity (Wildman–Crippen MR) is 133 cm³/mol. The van der Waals surface area contributed by atoms with Gasteiger partial charge in [-0.05, 0) is 48.6 Å². The third-order valence-electron chi connectivity index (χ3n) is 4.46. The third-order valence-corrected chi connectivity index (χ3v) is 5.67. The minimum Gasteiger partial charge on any atom is -0.323 e. The highest BCUT2D eigenvalue weighted by atomic mass is 32.1. The molecular weight excluding hydrogens is 454 g/mol. The van der Waals surface area contributed by atoms with Gasteiger partial charge in [0.1, 0.15) is 0 Å². The van der Waals surface area contributed by atoms with Gasteiger partial charge < -0.3 is 10.2 Å². The van der Waals surface area contributed by atoms with Gasteiger partial charge in [0.25, 0.3) is 5.91 Å². The molecule has 3 heterocycles. The van der Waals surface area contributed by atoms with Gasteiger partial charge in [0.15, 0.2) is 0 Å². The zero-order valence-corrected chi connectivity index (χ0v) is 19.0. The summed E-state index contributed by atoms with van der Waals surface area (Å²) in [6, 6.07) is 12.7. The Morgan fingerprint density at radius 2 is 1.58 bits per heavy atom. The summed E-state index contributed by atoms with van der Waals surface area (Å²) in [4.78, 5) is 39.4. The standard InChI is InChI=1S/C24H19N5O2S2/c30-23(10-6-20-14-32-16-26-20)28-18-4-8-22(9-5-18)29(13-19-3-1-2-12-25-19)24(31)11-7-21-15-33-17-27-21/h1-12,14-17H,13H2,(H,28,30)/b10-6+,11-7+. The molecule has 4 aromatic rings. The number of nitrogens with zero attached hydrogens (tertiary/aromatic N) is 4. The van der Waals surface area contributed by atoms with Gasteiger partial charge in [-0.1, -0.05) is 6.07 Å². The molecule has 0 atom stereocenters. The van der Waals surface area contributed by atoms with Crippen molar-refractivity contribution in [2.24, 2.45) is 0 Å². The number of hydrogen-bond donors (Lipinski definition) is 1. The second-order valence-corrected chi connectivity index (χ2v) is 8.21. The summed E-state index contributed by atoms with van der Waals surface area (Å²) in [5, 5.41) is 6.53. The summed E-state index contributed by atoms with van der Waals surface area (Å²) < 4.78 is 0. The molecule has 1 N–H and O–H groups in total. The lowest BCUT2D eigenvalue weighted by Gasteiger charge is -2.21. The molecule has 0 unspecified atom stereocenters. The molecule has 0 aliphatic rings. The fraction of sp³-hybridized carbons (Fsp3) is 0.0417. The van der Waals surface area contributed by atoms with E-state index in [4.69, 9.17) is 0 Å². The number of nitrogens with one attached hydrogen (secondary N) is 1. The Bertz CT molecular complexity index is 1240. The van der Waals surface area contributed by atoms with Gasteiger partial charge in [-0.2, -0.15) is 0 Å². The number of amides is 2. The van der Waals surface area contributed by atoms with Crippen LogP contribution < -0.4 is 10.2 Å². The number of pyridine rings is 1. The van der Waals surface area contributed by atoms with Crippen molar-refractivity contribution in [1.29, 1.82) is 0 Å². The highest BCUT2D eigenvalue weighted by Crippen LogP contribution is 2.21. The highest BCUT2D eigenvalue weighted by Gasteiger charge is 2.15. The normalized spacial score (nSPS) is 11.2. The van der Waals surface area contributed by atoms with Crippen molar-refractivity contribution >= 4 is 58.0 Å². The molecule has 2 amide bonds. The zero-order chi connectivity index (χ0) is 22.9. The van der Waals surface area contributed by atoms with E-state index in [0.717, 1.165) is 17.1 Å². The molecule has 4 rings (SSSR count). The molecule has 3 aromatic heterocycles. The highest BCUT2D eigenvalue weighted by molar-refractivity contribution is 7.07. The number of thiazole rings is 2. The van der Waals surface area contributed by atoms with Crippen molar-refractivity contribution in [1.82, 2.24) is 15.0 Å². The van der Waals surface area contributed by atoms with Gasteiger partial charge >= 0.3 is 0 Å². The van der Waals surface area contributed by atoms with Crippen molar-refractivity contribution in [3.8, 4) is 0 Å². The van der Waals surface area contributed by atoms with E-state index < -0.39 is 0 Å². The maximum absolute atomic E-state index is 13.0. The lowest BCUT2D eigenvalue weighted by molar-refractivity contribution is -0.114. The number of carbonyl (C=O) groups is 2. The van der Waals surface area contributed by atoms with Crippen LogP contribution in [-0.4, -0.2) is 26.8 Å². The average molecular weight is 474 g/mol. The van der Waals surface area contributed by atoms with Crippen molar-refractivity contribution < 1.29 is 9.59 Å². The number of hydrogen-bond acceptors (Lipinski definition) is 7. The Morgan fingerprint density at radius 3 is 2.18 bits per heavy atom. The zero-order valence-electron chi connectivity index (χ0n) is 17.4. The van der Waals surface area contributed by atoms with E-state index in [0.29, 0.717) is 17.9 Å². The molecule has 0 aliphatic heterocycles. The van der Waals surface area contributed by atoms with Crippen LogP contribution >= 0.6 is 22.7 Å². The maximum atomic E-state index is 13.0. The van der Waals surface area contributed by atoms with Crippen LogP contribution in [0.25, 0.3) is 12.2 Å². The minimum absolute atomic E-state index is 0.198. The Morgan fingerprint density at radius 1 is 0.879 bits per heavy atom. The van der Waals surface area contributed by atoms with E-state index in [1.165, 1.54) is 34.8 Å². The summed E-state index contributed by atoms with van der Waals surface area (Å²) in [6.45, 7) is 0.309. The van der Waals surface area contributed by atoms with E-state index in [-0.39, 0.29) is 11.8 Å². The Kier molecular flexibility index (Phi) is 7.47. The predicted octanol–water partition coefficient (Wildman–Crippen LogP) is 4.89. The topological polar surface area (TPSA) is 88.1 Å². The Balaban J connectivity index is 1.48. The van der Waals surface area contributed by atoms with E-state index in [1.54, 1.807) is 58.5 Å². The first-order valence-electron chi connectivity index (χ1n) is 9.92. The summed E-state index contributed by atoms with van der Waals surface area (Å²) in [5.74, 6) is -0.458. The molecule has 0 aliphatic carbocycles. The maximum Gasteiger partial charge on any atom is 0.251 e. The van der Waals surface area contributed by atoms with Crippen molar-refractivity contribution in [2.45, 2.75) is 6.54 Å². The Hall–Kier alpha value is -3.95. The van der Waals surface area contributed by atoms with E-state index >= 15 is 0 Å². The fourth-order valence-electron chi connectivity index (χ4n) is 2.87. The van der Waals surface area contributed by atoms with E-state index in [2.05, 4.69) is 20.3 Å². The first kappa shape index (κ1) is 22.3. The summed E-state index contributed by atoms with van der Waals surface area (Å²) in [6.07, 6.45) is 7.97. The van der Waals surface area contributed by atoms with Gasteiger partial charge in [0.2, 0.25) is 5.91 Å². The number of carbonyl (C=O) groups excluding carboxylic acids is 2. The molecular formula is C24H19N5O2S2. The molecule has 1 aromatic carbocycles. The lowest BCUT2D eigenvalue weighted by atomic mass is 10.2. The Labute approximate surface area is 198 Å². The minimum atomic E-state index is -0.261. The van der Waals surface area contributed by atoms with Crippen LogP contribution in [0.3, 0.4) is 0 Å². The molecule has 0 fully saturated rings. The van der Waals surface area contributed by atoms with Crippen LogP contribution in [0.15, 0.2) is 82.6 Å². The SMILES string of the molecule is O=C(/C=C/c1cscn1)Nc1ccc(N(Cc2ccccn2)C(=O)/C=C/c2cscn2)cc1. The average Bonchev–Trinajstić information content (AvgIpc) is 3.55. The number of anilines is 2. The van der Waals surface area contributed by atoms with Crippen LogP contribution in [-0.2, 0) is 16.1 Å². The van der Waals surface area contributed by atoms with Crippen LogP contribution in [0, 0.1) is 0 Å². The van der Waals surface area contributed by atoms with Crippen molar-refractivity contribution in [2.75, 3.05) is 10.2 Å². The molecule has 0 saturated heterocycles. The second-order valence-electron chi connectivity index (χ2n) is 6.77. The van der Waals surface area contributed by atoms with Gasteiger partial charge in [0, 0.05) is 40.5 Å². The quantitative estimate of drug-likeness (QED) is 0.368. The number of aromatic nitrogens is 3. The molecule has 9 heteroatoms. The van der Waals surface area contributed by atoms with Crippen LogP contribution in [0.5, 0.6) is 0 Å². The fourth-order valence-corrected chi connectivity index (χ4v) is 3.92. The molecule has 33 heavy (non-hydrogen) atoms. The molecule has 0 bridgehead atoms. The smallest absolute Gasteiger partial charge is 0.251 e. The summed E-state index contributed by atoms with van der Waals surface area (Å²) in [5.41, 5.74) is 6.96. The van der Waals surface area contributed by atoms with Gasteiger partial charge in [-0.15, -0.1) is 22.7 Å². The molecule has 164 valence electrons. The number of benzene rings is 1. The van der Waals surface area contributed by atoms with Gasteiger partial charge in [-0.25, -0.2) is 9.97 Å².